The number of methoxy groups -OCH3 is 1. The Kier molecular flexibility index (Phi) is 4.14. The highest BCUT2D eigenvalue weighted by Crippen LogP contribution is 2.26. The predicted molar refractivity (Wildman–Crippen MR) is 70.6 cm³/mol. The van der Waals surface area contributed by atoms with E-state index in [1.807, 2.05) is 38.1 Å². The van der Waals surface area contributed by atoms with Gasteiger partial charge in [0, 0.05) is 6.04 Å². The van der Waals surface area contributed by atoms with Crippen LogP contribution in [-0.4, -0.2) is 43.4 Å². The van der Waals surface area contributed by atoms with Gasteiger partial charge in [-0.2, -0.15) is 0 Å². The van der Waals surface area contributed by atoms with Gasteiger partial charge in [-0.1, -0.05) is 12.1 Å². The Morgan fingerprint density at radius 1 is 1.37 bits per heavy atom. The molecule has 1 aromatic rings. The number of cyclic esters (lactones) is 1. The number of carbonyl (C=O) groups is 1. The summed E-state index contributed by atoms with van der Waals surface area (Å²) >= 11 is 0. The zero-order valence-electron chi connectivity index (χ0n) is 11.5. The molecule has 19 heavy (non-hydrogen) atoms. The van der Waals surface area contributed by atoms with Crippen molar-refractivity contribution < 1.29 is 19.0 Å². The van der Waals surface area contributed by atoms with Crippen molar-refractivity contribution in [3.8, 4) is 11.5 Å². The molecule has 2 rings (SSSR count). The van der Waals surface area contributed by atoms with Crippen molar-refractivity contribution in [2.24, 2.45) is 0 Å². The minimum absolute atomic E-state index is 0.142. The molecule has 5 heteroatoms. The van der Waals surface area contributed by atoms with Crippen LogP contribution in [0.25, 0.3) is 0 Å². The van der Waals surface area contributed by atoms with Crippen molar-refractivity contribution >= 4 is 6.09 Å². The third-order valence-electron chi connectivity index (χ3n) is 3.02. The van der Waals surface area contributed by atoms with E-state index in [0.29, 0.717) is 24.7 Å². The topological polar surface area (TPSA) is 48.0 Å². The molecule has 1 heterocycles. The smallest absolute Gasteiger partial charge is 0.410 e. The standard InChI is InChI=1S/C14H19NO4/c1-10(2)15-8-11(19-14(15)16)9-18-13-7-5-4-6-12(13)17-3/h4-7,10-11H,8-9H2,1-3H3. The first-order valence-electron chi connectivity index (χ1n) is 6.35. The molecule has 1 atom stereocenters. The van der Waals surface area contributed by atoms with Crippen LogP contribution in [0.2, 0.25) is 0 Å². The molecule has 0 bridgehead atoms. The zero-order chi connectivity index (χ0) is 13.8. The SMILES string of the molecule is COc1ccccc1OCC1CN(C(C)C)C(=O)O1. The van der Waals surface area contributed by atoms with Gasteiger partial charge in [0.2, 0.25) is 0 Å². The fraction of sp³-hybridized carbons (Fsp3) is 0.500. The highest BCUT2D eigenvalue weighted by Gasteiger charge is 2.33. The third kappa shape index (κ3) is 3.10. The summed E-state index contributed by atoms with van der Waals surface area (Å²) in [6, 6.07) is 7.55. The molecule has 1 aliphatic rings. The van der Waals surface area contributed by atoms with Crippen LogP contribution in [0.1, 0.15) is 13.8 Å². The number of benzene rings is 1. The summed E-state index contributed by atoms with van der Waals surface area (Å²) in [5.74, 6) is 1.33. The van der Waals surface area contributed by atoms with Gasteiger partial charge in [0.05, 0.1) is 13.7 Å². The van der Waals surface area contributed by atoms with E-state index in [2.05, 4.69) is 0 Å². The highest BCUT2D eigenvalue weighted by atomic mass is 16.6. The summed E-state index contributed by atoms with van der Waals surface area (Å²) < 4.78 is 16.1. The first-order valence-corrected chi connectivity index (χ1v) is 6.35. The maximum absolute atomic E-state index is 11.6. The van der Waals surface area contributed by atoms with Gasteiger partial charge in [-0.25, -0.2) is 4.79 Å². The Morgan fingerprint density at radius 2 is 2.05 bits per heavy atom. The normalized spacial score (nSPS) is 18.6. The number of nitrogens with zero attached hydrogens (tertiary/aromatic N) is 1. The van der Waals surface area contributed by atoms with Crippen LogP contribution in [0, 0.1) is 0 Å². The molecule has 0 saturated carbocycles. The average molecular weight is 265 g/mol. The number of rotatable bonds is 5. The number of amides is 1. The van der Waals surface area contributed by atoms with Crippen LogP contribution in [0.15, 0.2) is 24.3 Å². The Bertz CT molecular complexity index is 447. The lowest BCUT2D eigenvalue weighted by Crippen LogP contribution is -2.32. The number of hydrogen-bond donors (Lipinski definition) is 0. The fourth-order valence-electron chi connectivity index (χ4n) is 1.97. The number of carbonyl (C=O) groups excluding carboxylic acids is 1. The summed E-state index contributed by atoms with van der Waals surface area (Å²) in [6.07, 6.45) is -0.511. The van der Waals surface area contributed by atoms with Gasteiger partial charge in [-0.05, 0) is 26.0 Å². The molecular weight excluding hydrogens is 246 g/mol. The van der Waals surface area contributed by atoms with Gasteiger partial charge >= 0.3 is 6.09 Å². The Balaban J connectivity index is 1.92. The molecular formula is C14H19NO4. The second-order valence-electron chi connectivity index (χ2n) is 4.71. The van der Waals surface area contributed by atoms with Gasteiger partial charge in [-0.3, -0.25) is 0 Å². The van der Waals surface area contributed by atoms with Crippen molar-refractivity contribution in [2.75, 3.05) is 20.3 Å². The summed E-state index contributed by atoms with van der Waals surface area (Å²) in [5, 5.41) is 0. The Hall–Kier alpha value is -1.91. The van der Waals surface area contributed by atoms with E-state index < -0.39 is 0 Å². The summed E-state index contributed by atoms with van der Waals surface area (Å²) in [7, 11) is 1.60. The molecule has 0 N–H and O–H groups in total. The second-order valence-corrected chi connectivity index (χ2v) is 4.71. The van der Waals surface area contributed by atoms with E-state index in [0.717, 1.165) is 0 Å². The molecule has 1 aliphatic heterocycles. The minimum Gasteiger partial charge on any atom is -0.493 e. The van der Waals surface area contributed by atoms with E-state index in [9.17, 15) is 4.79 Å². The molecule has 104 valence electrons. The number of ether oxygens (including phenoxy) is 3. The van der Waals surface area contributed by atoms with Crippen LogP contribution >= 0.6 is 0 Å². The second kappa shape index (κ2) is 5.82. The maximum Gasteiger partial charge on any atom is 0.410 e. The third-order valence-corrected chi connectivity index (χ3v) is 3.02. The molecule has 0 aliphatic carbocycles. The first kappa shape index (κ1) is 13.5. The van der Waals surface area contributed by atoms with Crippen LogP contribution in [0.5, 0.6) is 11.5 Å². The molecule has 0 spiro atoms. The average Bonchev–Trinajstić information content (AvgIpc) is 2.78. The van der Waals surface area contributed by atoms with Gasteiger partial charge < -0.3 is 19.1 Å². The van der Waals surface area contributed by atoms with E-state index in [-0.39, 0.29) is 18.2 Å². The molecule has 1 fully saturated rings. The zero-order valence-corrected chi connectivity index (χ0v) is 11.5. The lowest BCUT2D eigenvalue weighted by Gasteiger charge is -2.17. The quantitative estimate of drug-likeness (QED) is 0.819. The van der Waals surface area contributed by atoms with Gasteiger partial charge in [0.1, 0.15) is 6.61 Å². The number of para-hydroxylation sites is 2. The van der Waals surface area contributed by atoms with Crippen molar-refractivity contribution in [1.29, 1.82) is 0 Å². The van der Waals surface area contributed by atoms with E-state index in [4.69, 9.17) is 14.2 Å². The Labute approximate surface area is 113 Å². The van der Waals surface area contributed by atoms with E-state index >= 15 is 0 Å². The molecule has 1 unspecified atom stereocenters. The van der Waals surface area contributed by atoms with Crippen molar-refractivity contribution in [1.82, 2.24) is 4.90 Å². The van der Waals surface area contributed by atoms with Crippen molar-refractivity contribution in [2.45, 2.75) is 26.0 Å². The minimum atomic E-state index is -0.274. The summed E-state index contributed by atoms with van der Waals surface area (Å²) in [6.45, 7) is 4.82. The largest absolute Gasteiger partial charge is 0.493 e. The van der Waals surface area contributed by atoms with Crippen molar-refractivity contribution in [3.63, 3.8) is 0 Å². The van der Waals surface area contributed by atoms with Crippen molar-refractivity contribution in [3.05, 3.63) is 24.3 Å². The van der Waals surface area contributed by atoms with Crippen LogP contribution < -0.4 is 9.47 Å². The van der Waals surface area contributed by atoms with E-state index in [1.54, 1.807) is 12.0 Å². The molecule has 1 saturated heterocycles. The lowest BCUT2D eigenvalue weighted by molar-refractivity contribution is 0.101. The van der Waals surface area contributed by atoms with E-state index in [1.165, 1.54) is 0 Å². The van der Waals surface area contributed by atoms with Gasteiger partial charge in [0.15, 0.2) is 17.6 Å². The molecule has 0 aromatic heterocycles. The maximum atomic E-state index is 11.6. The first-order chi connectivity index (χ1) is 9.11. The van der Waals surface area contributed by atoms with Gasteiger partial charge in [0.25, 0.3) is 0 Å². The van der Waals surface area contributed by atoms with Crippen LogP contribution in [0.4, 0.5) is 4.79 Å². The number of hydrogen-bond acceptors (Lipinski definition) is 4. The summed E-state index contributed by atoms with van der Waals surface area (Å²) in [4.78, 5) is 13.3. The monoisotopic (exact) mass is 265 g/mol. The van der Waals surface area contributed by atoms with Gasteiger partial charge in [-0.15, -0.1) is 0 Å². The highest BCUT2D eigenvalue weighted by molar-refractivity contribution is 5.70. The molecule has 1 aromatic carbocycles. The van der Waals surface area contributed by atoms with Crippen LogP contribution in [-0.2, 0) is 4.74 Å². The Morgan fingerprint density at radius 3 is 2.63 bits per heavy atom. The molecule has 0 radical (unpaired) electrons. The fourth-order valence-corrected chi connectivity index (χ4v) is 1.97. The molecule has 5 nitrogen and oxygen atoms in total. The lowest BCUT2D eigenvalue weighted by atomic mass is 10.3. The molecule has 1 amide bonds. The van der Waals surface area contributed by atoms with Crippen LogP contribution in [0.3, 0.4) is 0 Å². The predicted octanol–water partition coefficient (Wildman–Crippen LogP) is 2.30. The summed E-state index contributed by atoms with van der Waals surface area (Å²) in [5.41, 5.74) is 0.